The molecule has 1 aliphatic rings. The van der Waals surface area contributed by atoms with E-state index in [1.165, 1.54) is 12.1 Å². The van der Waals surface area contributed by atoms with Crippen molar-refractivity contribution in [2.75, 3.05) is 0 Å². The maximum absolute atomic E-state index is 14.0. The zero-order valence-corrected chi connectivity index (χ0v) is 16.0. The van der Waals surface area contributed by atoms with Gasteiger partial charge in [0.25, 0.3) is 0 Å². The average molecular weight is 366 g/mol. The molecule has 1 aliphatic heterocycles. The highest BCUT2D eigenvalue weighted by atomic mass is 19.1. The summed E-state index contributed by atoms with van der Waals surface area (Å²) in [6.45, 7) is 8.58. The standard InChI is InChI=1S/C23H23FO3/c1-22(2)14-23(3,4)27-20-10-8-15(11-18(20)22)5-6-16-7-9-17(13-21(25)26)19(24)12-16/h7-12H,13-14H2,1-4H3,(H,25,26). The molecule has 0 fully saturated rings. The Labute approximate surface area is 159 Å². The molecule has 0 saturated heterocycles. The number of fused-ring (bicyclic) bond motifs is 1. The summed E-state index contributed by atoms with van der Waals surface area (Å²) < 4.78 is 20.1. The van der Waals surface area contributed by atoms with Crippen molar-refractivity contribution in [3.63, 3.8) is 0 Å². The number of carboxylic acid groups (broad SMARTS) is 1. The first-order valence-corrected chi connectivity index (χ1v) is 8.92. The van der Waals surface area contributed by atoms with Crippen molar-refractivity contribution in [2.45, 2.75) is 51.6 Å². The normalized spacial score (nSPS) is 16.5. The third-order valence-electron chi connectivity index (χ3n) is 4.71. The predicted molar refractivity (Wildman–Crippen MR) is 103 cm³/mol. The molecular weight excluding hydrogens is 343 g/mol. The Hall–Kier alpha value is -2.80. The molecule has 0 bridgehead atoms. The van der Waals surface area contributed by atoms with Gasteiger partial charge in [-0.2, -0.15) is 0 Å². The van der Waals surface area contributed by atoms with Crippen LogP contribution in [0.5, 0.6) is 5.75 Å². The molecule has 4 heteroatoms. The zero-order chi connectivity index (χ0) is 19.8. The summed E-state index contributed by atoms with van der Waals surface area (Å²) in [4.78, 5) is 10.7. The molecule has 1 N–H and O–H groups in total. The van der Waals surface area contributed by atoms with Gasteiger partial charge in [-0.1, -0.05) is 31.8 Å². The van der Waals surface area contributed by atoms with Crippen LogP contribution in [0.1, 0.15) is 56.4 Å². The van der Waals surface area contributed by atoms with Gasteiger partial charge in [-0.3, -0.25) is 4.79 Å². The maximum atomic E-state index is 14.0. The first-order valence-electron chi connectivity index (χ1n) is 8.92. The van der Waals surface area contributed by atoms with Crippen LogP contribution in [0.15, 0.2) is 36.4 Å². The number of hydrogen-bond donors (Lipinski definition) is 1. The lowest BCUT2D eigenvalue weighted by Crippen LogP contribution is -2.41. The smallest absolute Gasteiger partial charge is 0.307 e. The highest BCUT2D eigenvalue weighted by molar-refractivity contribution is 5.70. The molecule has 2 aromatic rings. The van der Waals surface area contributed by atoms with E-state index in [9.17, 15) is 9.18 Å². The summed E-state index contributed by atoms with van der Waals surface area (Å²) in [6.07, 6.45) is 0.565. The van der Waals surface area contributed by atoms with E-state index in [4.69, 9.17) is 9.84 Å². The second kappa shape index (κ2) is 6.74. The number of rotatable bonds is 2. The van der Waals surface area contributed by atoms with Gasteiger partial charge >= 0.3 is 5.97 Å². The van der Waals surface area contributed by atoms with Crippen molar-refractivity contribution in [3.8, 4) is 17.6 Å². The third kappa shape index (κ3) is 4.31. The highest BCUT2D eigenvalue weighted by Crippen LogP contribution is 2.44. The van der Waals surface area contributed by atoms with Crippen LogP contribution in [-0.4, -0.2) is 16.7 Å². The molecule has 140 valence electrons. The average Bonchev–Trinajstić information content (AvgIpc) is 2.53. The Balaban J connectivity index is 1.89. The molecule has 1 heterocycles. The lowest BCUT2D eigenvalue weighted by molar-refractivity contribution is -0.136. The van der Waals surface area contributed by atoms with E-state index in [2.05, 4.69) is 39.5 Å². The first-order chi connectivity index (χ1) is 12.6. The molecule has 3 rings (SSSR count). The molecule has 3 nitrogen and oxygen atoms in total. The number of benzene rings is 2. The second-order valence-corrected chi connectivity index (χ2v) is 8.26. The number of hydrogen-bond acceptors (Lipinski definition) is 2. The predicted octanol–water partition coefficient (Wildman–Crippen LogP) is 4.69. The molecule has 27 heavy (non-hydrogen) atoms. The Morgan fingerprint density at radius 1 is 1.11 bits per heavy atom. The minimum absolute atomic E-state index is 0.0284. The van der Waals surface area contributed by atoms with E-state index in [1.807, 2.05) is 18.2 Å². The van der Waals surface area contributed by atoms with Crippen molar-refractivity contribution in [2.24, 2.45) is 0 Å². The number of carbonyl (C=O) groups is 1. The Kier molecular flexibility index (Phi) is 4.73. The van der Waals surface area contributed by atoms with E-state index in [1.54, 1.807) is 6.07 Å². The maximum Gasteiger partial charge on any atom is 0.307 e. The van der Waals surface area contributed by atoms with E-state index in [-0.39, 0.29) is 23.0 Å². The van der Waals surface area contributed by atoms with Crippen LogP contribution >= 0.6 is 0 Å². The van der Waals surface area contributed by atoms with E-state index < -0.39 is 11.8 Å². The molecule has 0 radical (unpaired) electrons. The molecule has 0 saturated carbocycles. The van der Waals surface area contributed by atoms with E-state index in [0.717, 1.165) is 23.3 Å². The third-order valence-corrected chi connectivity index (χ3v) is 4.71. The summed E-state index contributed by atoms with van der Waals surface area (Å²) in [5.74, 6) is 5.29. The van der Waals surface area contributed by atoms with Gasteiger partial charge < -0.3 is 9.84 Å². The molecule has 0 aliphatic carbocycles. The first kappa shape index (κ1) is 19.0. The van der Waals surface area contributed by atoms with Crippen LogP contribution in [0.25, 0.3) is 0 Å². The Morgan fingerprint density at radius 2 is 1.74 bits per heavy atom. The lowest BCUT2D eigenvalue weighted by atomic mass is 9.73. The summed E-state index contributed by atoms with van der Waals surface area (Å²) in [5.41, 5.74) is 2.38. The van der Waals surface area contributed by atoms with Crippen molar-refractivity contribution in [1.29, 1.82) is 0 Å². The Morgan fingerprint density at radius 3 is 2.37 bits per heavy atom. The molecule has 2 aromatic carbocycles. The van der Waals surface area contributed by atoms with Crippen LogP contribution in [0, 0.1) is 17.7 Å². The summed E-state index contributed by atoms with van der Waals surface area (Å²) in [6, 6.07) is 10.3. The molecular formula is C23H23FO3. The fourth-order valence-electron chi connectivity index (χ4n) is 3.79. The van der Waals surface area contributed by atoms with Gasteiger partial charge in [0.15, 0.2) is 0 Å². The molecule has 0 aromatic heterocycles. The van der Waals surface area contributed by atoms with E-state index >= 15 is 0 Å². The van der Waals surface area contributed by atoms with Crippen LogP contribution in [0.4, 0.5) is 4.39 Å². The van der Waals surface area contributed by atoms with Gasteiger partial charge in [-0.05, 0) is 61.6 Å². The number of aliphatic carboxylic acids is 1. The number of halogens is 1. The summed E-state index contributed by atoms with van der Waals surface area (Å²) in [5, 5.41) is 8.78. The summed E-state index contributed by atoms with van der Waals surface area (Å²) in [7, 11) is 0. The van der Waals surface area contributed by atoms with Gasteiger partial charge in [-0.25, -0.2) is 4.39 Å². The minimum atomic E-state index is -1.06. The van der Waals surface area contributed by atoms with E-state index in [0.29, 0.717) is 5.56 Å². The SMILES string of the molecule is CC1(C)CC(C)(C)c2cc(C#Cc3ccc(CC(=O)O)c(F)c3)ccc2O1. The second-order valence-electron chi connectivity index (χ2n) is 8.26. The van der Waals surface area contributed by atoms with Crippen LogP contribution in [0.3, 0.4) is 0 Å². The zero-order valence-electron chi connectivity index (χ0n) is 16.0. The van der Waals surface area contributed by atoms with Crippen LogP contribution in [0.2, 0.25) is 0 Å². The Bertz CT molecular complexity index is 961. The lowest BCUT2D eigenvalue weighted by Gasteiger charge is -2.42. The van der Waals surface area contributed by atoms with Crippen molar-refractivity contribution in [1.82, 2.24) is 0 Å². The van der Waals surface area contributed by atoms with Crippen LogP contribution < -0.4 is 4.74 Å². The monoisotopic (exact) mass is 366 g/mol. The van der Waals surface area contributed by atoms with Gasteiger partial charge in [-0.15, -0.1) is 0 Å². The fourth-order valence-corrected chi connectivity index (χ4v) is 3.79. The molecule has 0 unspecified atom stereocenters. The van der Waals surface area contributed by atoms with Crippen molar-refractivity contribution >= 4 is 5.97 Å². The van der Waals surface area contributed by atoms with Crippen LogP contribution in [-0.2, 0) is 16.6 Å². The largest absolute Gasteiger partial charge is 0.488 e. The quantitative estimate of drug-likeness (QED) is 0.784. The minimum Gasteiger partial charge on any atom is -0.488 e. The van der Waals surface area contributed by atoms with Crippen molar-refractivity contribution < 1.29 is 19.0 Å². The van der Waals surface area contributed by atoms with Gasteiger partial charge in [0.2, 0.25) is 0 Å². The molecule has 0 amide bonds. The van der Waals surface area contributed by atoms with Gasteiger partial charge in [0.1, 0.15) is 17.2 Å². The van der Waals surface area contributed by atoms with Gasteiger partial charge in [0, 0.05) is 16.7 Å². The fraction of sp³-hybridized carbons (Fsp3) is 0.348. The summed E-state index contributed by atoms with van der Waals surface area (Å²) >= 11 is 0. The highest BCUT2D eigenvalue weighted by Gasteiger charge is 2.38. The van der Waals surface area contributed by atoms with Gasteiger partial charge in [0.05, 0.1) is 6.42 Å². The molecule has 0 spiro atoms. The van der Waals surface area contributed by atoms with Crippen molar-refractivity contribution in [3.05, 3.63) is 64.5 Å². The molecule has 0 atom stereocenters. The number of carboxylic acids is 1. The topological polar surface area (TPSA) is 46.5 Å². The number of ether oxygens (including phenoxy) is 1.